The molecule has 0 amide bonds. The normalized spacial score (nSPS) is 10.2. The minimum Gasteiger partial charge on any atom is -0.475 e. The van der Waals surface area contributed by atoms with Crippen molar-refractivity contribution in [2.75, 3.05) is 7.11 Å². The Balaban J connectivity index is 3.21. The largest absolute Gasteiger partial charge is 0.475 e. The van der Waals surface area contributed by atoms with Crippen LogP contribution in [0.15, 0.2) is 12.1 Å². The van der Waals surface area contributed by atoms with E-state index in [0.29, 0.717) is 0 Å². The number of ketones is 1. The van der Waals surface area contributed by atoms with Crippen LogP contribution in [0.1, 0.15) is 15.9 Å². The second-order valence-corrected chi connectivity index (χ2v) is 2.97. The maximum Gasteiger partial charge on any atom is 0.377 e. The molecule has 0 unspecified atom stereocenters. The van der Waals surface area contributed by atoms with Gasteiger partial charge < -0.3 is 9.84 Å². The lowest BCUT2D eigenvalue weighted by molar-refractivity contribution is -0.131. The molecule has 1 rings (SSSR count). The van der Waals surface area contributed by atoms with Gasteiger partial charge in [0.15, 0.2) is 11.6 Å². The Morgan fingerprint density at radius 3 is 2.44 bits per heavy atom. The number of carbonyl (C=O) groups is 2. The Bertz CT molecular complexity index is 443. The molecule has 16 heavy (non-hydrogen) atoms. The van der Waals surface area contributed by atoms with E-state index in [2.05, 4.69) is 4.74 Å². The van der Waals surface area contributed by atoms with Gasteiger partial charge in [0, 0.05) is 12.7 Å². The lowest BCUT2D eigenvalue weighted by atomic mass is 10.1. The minimum absolute atomic E-state index is 0.0815. The number of carboxylic acids is 1. The van der Waals surface area contributed by atoms with Crippen LogP contribution in [0.5, 0.6) is 0 Å². The first-order valence-corrected chi connectivity index (χ1v) is 4.22. The van der Waals surface area contributed by atoms with Gasteiger partial charge >= 0.3 is 5.97 Å². The topological polar surface area (TPSA) is 63.6 Å². The van der Waals surface area contributed by atoms with Gasteiger partial charge in [-0.2, -0.15) is 0 Å². The molecule has 4 nitrogen and oxygen atoms in total. The summed E-state index contributed by atoms with van der Waals surface area (Å²) in [4.78, 5) is 21.3. The molecule has 0 aromatic heterocycles. The van der Waals surface area contributed by atoms with E-state index < -0.39 is 29.0 Å². The van der Waals surface area contributed by atoms with E-state index in [9.17, 15) is 18.4 Å². The lowest BCUT2D eigenvalue weighted by Gasteiger charge is -2.05. The SMILES string of the molecule is COCc1ccc(C(=O)C(=O)O)c(F)c1F. The highest BCUT2D eigenvalue weighted by atomic mass is 19.2. The van der Waals surface area contributed by atoms with Crippen molar-refractivity contribution in [3.05, 3.63) is 34.9 Å². The molecule has 1 aromatic carbocycles. The van der Waals surface area contributed by atoms with Crippen molar-refractivity contribution >= 4 is 11.8 Å². The fourth-order valence-electron chi connectivity index (χ4n) is 1.15. The van der Waals surface area contributed by atoms with Crippen LogP contribution in [-0.2, 0) is 16.1 Å². The number of carboxylic acid groups (broad SMARTS) is 1. The maximum atomic E-state index is 13.3. The Kier molecular flexibility index (Phi) is 3.68. The molecule has 0 bridgehead atoms. The highest BCUT2D eigenvalue weighted by molar-refractivity contribution is 6.39. The molecule has 0 radical (unpaired) electrons. The van der Waals surface area contributed by atoms with E-state index in [-0.39, 0.29) is 12.2 Å². The molecule has 0 aliphatic rings. The van der Waals surface area contributed by atoms with Gasteiger partial charge in [0.05, 0.1) is 12.2 Å². The van der Waals surface area contributed by atoms with Gasteiger partial charge in [-0.1, -0.05) is 6.07 Å². The zero-order valence-electron chi connectivity index (χ0n) is 8.29. The summed E-state index contributed by atoms with van der Waals surface area (Å²) in [6.07, 6.45) is 0. The molecule has 86 valence electrons. The van der Waals surface area contributed by atoms with Crippen LogP contribution in [0, 0.1) is 11.6 Å². The molecular formula is C10H8F2O4. The number of benzene rings is 1. The van der Waals surface area contributed by atoms with Gasteiger partial charge in [-0.3, -0.25) is 4.79 Å². The summed E-state index contributed by atoms with van der Waals surface area (Å²) in [6.45, 7) is -0.162. The molecule has 0 fully saturated rings. The molecule has 0 aliphatic carbocycles. The van der Waals surface area contributed by atoms with Gasteiger partial charge in [0.1, 0.15) is 0 Å². The quantitative estimate of drug-likeness (QED) is 0.626. The van der Waals surface area contributed by atoms with E-state index in [1.807, 2.05) is 0 Å². The first-order chi connectivity index (χ1) is 7.49. The van der Waals surface area contributed by atoms with Gasteiger partial charge in [-0.05, 0) is 6.07 Å². The molecule has 0 atom stereocenters. The molecule has 0 heterocycles. The van der Waals surface area contributed by atoms with Crippen LogP contribution in [0.25, 0.3) is 0 Å². The summed E-state index contributed by atoms with van der Waals surface area (Å²) >= 11 is 0. The summed E-state index contributed by atoms with van der Waals surface area (Å²) < 4.78 is 31.2. The third kappa shape index (κ3) is 2.22. The van der Waals surface area contributed by atoms with Gasteiger partial charge in [0.2, 0.25) is 0 Å². The molecular weight excluding hydrogens is 222 g/mol. The number of rotatable bonds is 4. The summed E-state index contributed by atoms with van der Waals surface area (Å²) in [5.41, 5.74) is -0.883. The first kappa shape index (κ1) is 12.3. The van der Waals surface area contributed by atoms with Crippen molar-refractivity contribution < 1.29 is 28.2 Å². The number of hydrogen-bond donors (Lipinski definition) is 1. The van der Waals surface area contributed by atoms with Crippen molar-refractivity contribution in [2.45, 2.75) is 6.61 Å². The average molecular weight is 230 g/mol. The number of halogens is 2. The standard InChI is InChI=1S/C10H8F2O4/c1-16-4-5-2-3-6(8(12)7(5)11)9(13)10(14)15/h2-3H,4H2,1H3,(H,14,15). The monoisotopic (exact) mass is 230 g/mol. The Hall–Kier alpha value is -1.82. The number of aliphatic carboxylic acids is 1. The maximum absolute atomic E-state index is 13.3. The van der Waals surface area contributed by atoms with Gasteiger partial charge in [0.25, 0.3) is 5.78 Å². The van der Waals surface area contributed by atoms with Crippen LogP contribution in [0.3, 0.4) is 0 Å². The highest BCUT2D eigenvalue weighted by Gasteiger charge is 2.22. The van der Waals surface area contributed by atoms with Crippen LogP contribution in [-0.4, -0.2) is 24.0 Å². The smallest absolute Gasteiger partial charge is 0.377 e. The van der Waals surface area contributed by atoms with E-state index in [0.717, 1.165) is 12.1 Å². The van der Waals surface area contributed by atoms with Crippen LogP contribution in [0.4, 0.5) is 8.78 Å². The van der Waals surface area contributed by atoms with Crippen LogP contribution in [0.2, 0.25) is 0 Å². The third-order valence-electron chi connectivity index (χ3n) is 1.90. The number of Topliss-reactive ketones (excluding diaryl/α,β-unsaturated/α-hetero) is 1. The summed E-state index contributed by atoms with van der Waals surface area (Å²) in [7, 11) is 1.30. The molecule has 1 aromatic rings. The van der Waals surface area contributed by atoms with Crippen LogP contribution < -0.4 is 0 Å². The number of carbonyl (C=O) groups excluding carboxylic acids is 1. The summed E-state index contributed by atoms with van der Waals surface area (Å²) in [5.74, 6) is -6.06. The van der Waals surface area contributed by atoms with E-state index >= 15 is 0 Å². The van der Waals surface area contributed by atoms with E-state index in [1.165, 1.54) is 7.11 Å². The number of methoxy groups -OCH3 is 1. The van der Waals surface area contributed by atoms with E-state index in [4.69, 9.17) is 5.11 Å². The Labute approximate surface area is 89.5 Å². The first-order valence-electron chi connectivity index (χ1n) is 4.22. The van der Waals surface area contributed by atoms with E-state index in [1.54, 1.807) is 0 Å². The summed E-state index contributed by atoms with van der Waals surface area (Å²) in [6, 6.07) is 2.03. The van der Waals surface area contributed by atoms with Crippen molar-refractivity contribution in [1.29, 1.82) is 0 Å². The zero-order chi connectivity index (χ0) is 12.3. The molecule has 0 saturated heterocycles. The zero-order valence-corrected chi connectivity index (χ0v) is 8.29. The predicted octanol–water partition coefficient (Wildman–Crippen LogP) is 1.38. The Morgan fingerprint density at radius 2 is 1.94 bits per heavy atom. The average Bonchev–Trinajstić information content (AvgIpc) is 2.24. The lowest BCUT2D eigenvalue weighted by Crippen LogP contribution is -2.16. The van der Waals surface area contributed by atoms with Crippen molar-refractivity contribution in [3.63, 3.8) is 0 Å². The molecule has 6 heteroatoms. The molecule has 0 spiro atoms. The second kappa shape index (κ2) is 4.80. The summed E-state index contributed by atoms with van der Waals surface area (Å²) in [5, 5.41) is 8.36. The minimum atomic E-state index is -1.84. The fraction of sp³-hybridized carbons (Fsp3) is 0.200. The van der Waals surface area contributed by atoms with Crippen molar-refractivity contribution in [2.24, 2.45) is 0 Å². The second-order valence-electron chi connectivity index (χ2n) is 2.97. The van der Waals surface area contributed by atoms with Gasteiger partial charge in [-0.15, -0.1) is 0 Å². The van der Waals surface area contributed by atoms with Gasteiger partial charge in [-0.25, -0.2) is 13.6 Å². The van der Waals surface area contributed by atoms with Crippen molar-refractivity contribution in [1.82, 2.24) is 0 Å². The molecule has 1 N–H and O–H groups in total. The van der Waals surface area contributed by atoms with Crippen LogP contribution >= 0.6 is 0 Å². The molecule has 0 aliphatic heterocycles. The fourth-order valence-corrected chi connectivity index (χ4v) is 1.15. The molecule has 0 saturated carbocycles. The van der Waals surface area contributed by atoms with Crippen molar-refractivity contribution in [3.8, 4) is 0 Å². The Morgan fingerprint density at radius 1 is 1.31 bits per heavy atom. The number of ether oxygens (including phenoxy) is 1. The predicted molar refractivity (Wildman–Crippen MR) is 49.0 cm³/mol. The highest BCUT2D eigenvalue weighted by Crippen LogP contribution is 2.17. The number of hydrogen-bond acceptors (Lipinski definition) is 3. The third-order valence-corrected chi connectivity index (χ3v) is 1.90.